The fraction of sp³-hybridized carbons (Fsp3) is 0.263. The summed E-state index contributed by atoms with van der Waals surface area (Å²) in [4.78, 5) is 10.2. The van der Waals surface area contributed by atoms with Crippen LogP contribution in [0.3, 0.4) is 0 Å². The summed E-state index contributed by atoms with van der Waals surface area (Å²) in [6.07, 6.45) is 9.51. The van der Waals surface area contributed by atoms with E-state index in [-0.39, 0.29) is 0 Å². The van der Waals surface area contributed by atoms with E-state index in [0.717, 1.165) is 41.2 Å². The summed E-state index contributed by atoms with van der Waals surface area (Å²) >= 11 is 0. The molecular formula is C38H36N4O. The fourth-order valence-electron chi connectivity index (χ4n) is 7.14. The second-order valence-electron chi connectivity index (χ2n) is 12.1. The highest BCUT2D eigenvalue weighted by atomic mass is 16.5. The highest BCUT2D eigenvalue weighted by molar-refractivity contribution is 6.09. The highest BCUT2D eigenvalue weighted by Crippen LogP contribution is 2.39. The van der Waals surface area contributed by atoms with Gasteiger partial charge in [-0.1, -0.05) is 49.2 Å². The van der Waals surface area contributed by atoms with E-state index in [4.69, 9.17) is 14.7 Å². The average Bonchev–Trinajstić information content (AvgIpc) is 3.06. The van der Waals surface area contributed by atoms with Gasteiger partial charge in [-0.05, 0) is 105 Å². The quantitative estimate of drug-likeness (QED) is 0.223. The molecule has 0 spiro atoms. The number of aryl methyl sites for hydroxylation is 1. The second-order valence-corrected chi connectivity index (χ2v) is 12.1. The summed E-state index contributed by atoms with van der Waals surface area (Å²) in [7, 11) is 0. The maximum atomic E-state index is 6.24. The van der Waals surface area contributed by atoms with Crippen LogP contribution in [-0.4, -0.2) is 16.7 Å². The van der Waals surface area contributed by atoms with E-state index in [9.17, 15) is 0 Å². The summed E-state index contributed by atoms with van der Waals surface area (Å²) in [5, 5.41) is 8.69. The number of fused-ring (bicyclic) bond motifs is 4. The number of rotatable bonds is 5. The molecule has 0 bridgehead atoms. The average molecular weight is 565 g/mol. The SMILES string of the molecule is c1ccc2c(c1)NC1CCCCC1C2=Nc1ccc(Oc2ccc(Nc3c4c(nc5ccccc35)CCCC4)cc2)cc1. The molecule has 214 valence electrons. The Labute approximate surface area is 253 Å². The number of hydrogen-bond acceptors (Lipinski definition) is 5. The van der Waals surface area contributed by atoms with Crippen molar-refractivity contribution in [2.75, 3.05) is 10.6 Å². The van der Waals surface area contributed by atoms with Crippen LogP contribution in [0.1, 0.15) is 55.3 Å². The Kier molecular flexibility index (Phi) is 6.79. The molecule has 1 fully saturated rings. The number of aromatic nitrogens is 1. The van der Waals surface area contributed by atoms with Gasteiger partial charge in [-0.3, -0.25) is 9.98 Å². The molecule has 2 unspecified atom stereocenters. The minimum absolute atomic E-state index is 0.461. The van der Waals surface area contributed by atoms with Crippen LogP contribution >= 0.6 is 0 Å². The van der Waals surface area contributed by atoms with Crippen molar-refractivity contribution in [2.45, 2.75) is 57.4 Å². The molecule has 5 nitrogen and oxygen atoms in total. The molecule has 2 heterocycles. The maximum absolute atomic E-state index is 6.24. The van der Waals surface area contributed by atoms with Gasteiger partial charge >= 0.3 is 0 Å². The lowest BCUT2D eigenvalue weighted by molar-refractivity contribution is 0.397. The molecule has 2 aliphatic carbocycles. The van der Waals surface area contributed by atoms with Gasteiger partial charge in [0.2, 0.25) is 0 Å². The molecule has 5 heteroatoms. The fourth-order valence-corrected chi connectivity index (χ4v) is 7.14. The largest absolute Gasteiger partial charge is 0.457 e. The zero-order valence-electron chi connectivity index (χ0n) is 24.4. The molecule has 0 amide bonds. The Morgan fingerprint density at radius 1 is 0.744 bits per heavy atom. The summed E-state index contributed by atoms with van der Waals surface area (Å²) in [5.74, 6) is 2.08. The van der Waals surface area contributed by atoms with Gasteiger partial charge < -0.3 is 15.4 Å². The summed E-state index contributed by atoms with van der Waals surface area (Å²) in [6.45, 7) is 0. The van der Waals surface area contributed by atoms with Gasteiger partial charge in [-0.2, -0.15) is 0 Å². The monoisotopic (exact) mass is 564 g/mol. The molecule has 2 atom stereocenters. The van der Waals surface area contributed by atoms with E-state index < -0.39 is 0 Å². The first kappa shape index (κ1) is 26.0. The van der Waals surface area contributed by atoms with Crippen LogP contribution in [0.25, 0.3) is 10.9 Å². The number of benzene rings is 4. The third kappa shape index (κ3) is 5.14. The number of anilines is 3. The lowest BCUT2D eigenvalue weighted by Crippen LogP contribution is -2.41. The van der Waals surface area contributed by atoms with Crippen molar-refractivity contribution in [3.63, 3.8) is 0 Å². The minimum Gasteiger partial charge on any atom is -0.457 e. The van der Waals surface area contributed by atoms with E-state index in [1.165, 1.54) is 77.8 Å². The molecular weight excluding hydrogens is 528 g/mol. The molecule has 4 aromatic carbocycles. The van der Waals surface area contributed by atoms with Crippen molar-refractivity contribution in [1.29, 1.82) is 0 Å². The first-order chi connectivity index (χ1) is 21.3. The van der Waals surface area contributed by atoms with Crippen molar-refractivity contribution in [1.82, 2.24) is 4.98 Å². The lowest BCUT2D eigenvalue weighted by Gasteiger charge is -2.39. The Bertz CT molecular complexity index is 1810. The third-order valence-electron chi connectivity index (χ3n) is 9.28. The van der Waals surface area contributed by atoms with Gasteiger partial charge in [0.25, 0.3) is 0 Å². The van der Waals surface area contributed by atoms with Crippen molar-refractivity contribution >= 4 is 39.4 Å². The van der Waals surface area contributed by atoms with Crippen molar-refractivity contribution in [2.24, 2.45) is 10.9 Å². The van der Waals surface area contributed by atoms with E-state index in [0.29, 0.717) is 12.0 Å². The van der Waals surface area contributed by atoms with Gasteiger partial charge in [0.05, 0.1) is 22.6 Å². The maximum Gasteiger partial charge on any atom is 0.127 e. The van der Waals surface area contributed by atoms with Crippen LogP contribution in [0.15, 0.2) is 102 Å². The molecule has 43 heavy (non-hydrogen) atoms. The van der Waals surface area contributed by atoms with Crippen LogP contribution < -0.4 is 15.4 Å². The normalized spacial score (nSPS) is 20.0. The van der Waals surface area contributed by atoms with E-state index >= 15 is 0 Å². The molecule has 1 aromatic heterocycles. The van der Waals surface area contributed by atoms with Crippen LogP contribution in [0, 0.1) is 5.92 Å². The smallest absolute Gasteiger partial charge is 0.127 e. The van der Waals surface area contributed by atoms with Gasteiger partial charge in [0.15, 0.2) is 0 Å². The Morgan fingerprint density at radius 2 is 1.49 bits per heavy atom. The Hall–Kier alpha value is -4.64. The predicted octanol–water partition coefficient (Wildman–Crippen LogP) is 9.75. The molecule has 2 N–H and O–H groups in total. The third-order valence-corrected chi connectivity index (χ3v) is 9.28. The van der Waals surface area contributed by atoms with Crippen LogP contribution in [0.4, 0.5) is 22.7 Å². The summed E-state index contributed by atoms with van der Waals surface area (Å²) < 4.78 is 6.24. The minimum atomic E-state index is 0.461. The standard InChI is InChI=1S/C38H36N4O/c1-5-13-33-29(9-1)37(30-10-2-6-14-34(30)41-33)39-25-17-21-27(22-18-25)43-28-23-19-26(20-24-28)40-38-31-11-3-7-15-35(31)42-36-16-8-4-12-32(36)38/h1,3,5,7,9,11,13,15,17-24,30,34,41H,2,4,6,8,10,12,14,16H2,(H,40,42). The van der Waals surface area contributed by atoms with E-state index in [2.05, 4.69) is 83.4 Å². The number of para-hydroxylation sites is 2. The van der Waals surface area contributed by atoms with Gasteiger partial charge in [0.1, 0.15) is 11.5 Å². The van der Waals surface area contributed by atoms with E-state index in [1.54, 1.807) is 0 Å². The molecule has 0 saturated heterocycles. The number of hydrogen-bond donors (Lipinski definition) is 2. The van der Waals surface area contributed by atoms with Crippen molar-refractivity contribution in [3.05, 3.63) is 114 Å². The molecule has 3 aliphatic rings. The van der Waals surface area contributed by atoms with Gasteiger partial charge in [-0.15, -0.1) is 0 Å². The Morgan fingerprint density at radius 3 is 2.37 bits per heavy atom. The molecule has 8 rings (SSSR count). The van der Waals surface area contributed by atoms with Gasteiger partial charge in [-0.25, -0.2) is 0 Å². The van der Waals surface area contributed by atoms with Gasteiger partial charge in [0, 0.05) is 40.0 Å². The van der Waals surface area contributed by atoms with Crippen molar-refractivity contribution in [3.8, 4) is 11.5 Å². The first-order valence-electron chi connectivity index (χ1n) is 15.8. The first-order valence-corrected chi connectivity index (χ1v) is 15.8. The Balaban J connectivity index is 1.00. The number of aliphatic imine (C=N–C) groups is 1. The zero-order valence-corrected chi connectivity index (χ0v) is 24.4. The van der Waals surface area contributed by atoms with Crippen LogP contribution in [0.2, 0.25) is 0 Å². The van der Waals surface area contributed by atoms with E-state index in [1.807, 2.05) is 24.3 Å². The predicted molar refractivity (Wildman–Crippen MR) is 177 cm³/mol. The molecule has 5 aromatic rings. The van der Waals surface area contributed by atoms with Crippen LogP contribution in [-0.2, 0) is 12.8 Å². The molecule has 1 aliphatic heterocycles. The molecule has 1 saturated carbocycles. The number of nitrogens with one attached hydrogen (secondary N) is 2. The second kappa shape index (κ2) is 11.2. The lowest BCUT2D eigenvalue weighted by atomic mass is 9.76. The zero-order chi connectivity index (χ0) is 28.6. The van der Waals surface area contributed by atoms with Crippen LogP contribution in [0.5, 0.6) is 11.5 Å². The summed E-state index contributed by atoms with van der Waals surface area (Å²) in [5.41, 5.74) is 10.5. The highest BCUT2D eigenvalue weighted by Gasteiger charge is 2.35. The molecule has 0 radical (unpaired) electrons. The number of ether oxygens (including phenoxy) is 1. The number of nitrogens with zero attached hydrogens (tertiary/aromatic N) is 2. The summed E-state index contributed by atoms with van der Waals surface area (Å²) in [6, 6.07) is 33.9. The van der Waals surface area contributed by atoms with Crippen molar-refractivity contribution < 1.29 is 4.74 Å². The number of pyridine rings is 1. The topological polar surface area (TPSA) is 58.5 Å².